The molecule has 164 valence electrons. The van der Waals surface area contributed by atoms with Gasteiger partial charge in [0.15, 0.2) is 5.96 Å². The Morgan fingerprint density at radius 2 is 1.87 bits per heavy atom. The van der Waals surface area contributed by atoms with Crippen LogP contribution in [0.2, 0.25) is 0 Å². The standard InChI is InChI=1S/C23H27N5O2.HI/c1-25-23(27-15-17-8-6-16(14-24)7-9-17)26-10-4-5-18-11-20-21(28-18)12-19(29-2)13-22(20)30-3;/h6-9,11-13,28H,4-5,10,15H2,1-3H3,(H2,25,26,27);1H. The summed E-state index contributed by atoms with van der Waals surface area (Å²) in [6, 6.07) is 15.7. The van der Waals surface area contributed by atoms with Crippen molar-refractivity contribution in [2.75, 3.05) is 27.8 Å². The fourth-order valence-corrected chi connectivity index (χ4v) is 3.25. The molecule has 3 N–H and O–H groups in total. The maximum absolute atomic E-state index is 8.87. The van der Waals surface area contributed by atoms with Gasteiger partial charge in [0.05, 0.1) is 31.4 Å². The van der Waals surface area contributed by atoms with Crippen molar-refractivity contribution in [2.24, 2.45) is 4.99 Å². The number of nitriles is 1. The van der Waals surface area contributed by atoms with Crippen molar-refractivity contribution < 1.29 is 9.47 Å². The van der Waals surface area contributed by atoms with Crippen molar-refractivity contribution in [1.82, 2.24) is 15.6 Å². The molecule has 0 saturated heterocycles. The van der Waals surface area contributed by atoms with E-state index in [1.54, 1.807) is 21.3 Å². The molecule has 0 saturated carbocycles. The van der Waals surface area contributed by atoms with Gasteiger partial charge < -0.3 is 25.1 Å². The number of nitrogens with zero attached hydrogens (tertiary/aromatic N) is 2. The van der Waals surface area contributed by atoms with Crippen molar-refractivity contribution in [1.29, 1.82) is 5.26 Å². The number of aliphatic imine (C=N–C) groups is 1. The number of hydrogen-bond donors (Lipinski definition) is 3. The van der Waals surface area contributed by atoms with E-state index < -0.39 is 0 Å². The molecule has 0 aliphatic heterocycles. The lowest BCUT2D eigenvalue weighted by Gasteiger charge is -2.11. The number of hydrogen-bond acceptors (Lipinski definition) is 4. The summed E-state index contributed by atoms with van der Waals surface area (Å²) >= 11 is 0. The summed E-state index contributed by atoms with van der Waals surface area (Å²) in [6.45, 7) is 1.44. The minimum atomic E-state index is 0. The highest BCUT2D eigenvalue weighted by molar-refractivity contribution is 14.0. The van der Waals surface area contributed by atoms with E-state index in [-0.39, 0.29) is 24.0 Å². The summed E-state index contributed by atoms with van der Waals surface area (Å²) in [4.78, 5) is 7.71. The molecule has 0 fully saturated rings. The van der Waals surface area contributed by atoms with Crippen LogP contribution >= 0.6 is 24.0 Å². The molecule has 8 heteroatoms. The normalized spacial score (nSPS) is 10.8. The number of guanidine groups is 1. The van der Waals surface area contributed by atoms with Crippen LogP contribution in [-0.2, 0) is 13.0 Å². The second-order valence-corrected chi connectivity index (χ2v) is 6.85. The van der Waals surface area contributed by atoms with Gasteiger partial charge in [0.2, 0.25) is 0 Å². The van der Waals surface area contributed by atoms with Gasteiger partial charge in [-0.15, -0.1) is 24.0 Å². The molecular formula is C23H28IN5O2. The molecule has 0 unspecified atom stereocenters. The van der Waals surface area contributed by atoms with E-state index in [1.165, 1.54) is 0 Å². The number of nitrogens with one attached hydrogen (secondary N) is 3. The molecule has 0 atom stereocenters. The summed E-state index contributed by atoms with van der Waals surface area (Å²) in [6.07, 6.45) is 1.85. The van der Waals surface area contributed by atoms with Crippen LogP contribution < -0.4 is 20.1 Å². The zero-order chi connectivity index (χ0) is 21.3. The van der Waals surface area contributed by atoms with Crippen molar-refractivity contribution >= 4 is 40.8 Å². The van der Waals surface area contributed by atoms with Gasteiger partial charge in [0, 0.05) is 43.4 Å². The van der Waals surface area contributed by atoms with Gasteiger partial charge in [0.1, 0.15) is 11.5 Å². The van der Waals surface area contributed by atoms with Crippen molar-refractivity contribution in [3.63, 3.8) is 0 Å². The monoisotopic (exact) mass is 533 g/mol. The molecule has 2 aromatic carbocycles. The largest absolute Gasteiger partial charge is 0.497 e. The highest BCUT2D eigenvalue weighted by Crippen LogP contribution is 2.31. The first-order chi connectivity index (χ1) is 14.7. The van der Waals surface area contributed by atoms with E-state index in [1.807, 2.05) is 36.4 Å². The third kappa shape index (κ3) is 6.52. The third-order valence-electron chi connectivity index (χ3n) is 4.87. The van der Waals surface area contributed by atoms with E-state index in [4.69, 9.17) is 14.7 Å². The number of rotatable bonds is 8. The first-order valence-corrected chi connectivity index (χ1v) is 9.84. The minimum Gasteiger partial charge on any atom is -0.497 e. The molecule has 1 heterocycles. The summed E-state index contributed by atoms with van der Waals surface area (Å²) in [5, 5.41) is 16.6. The van der Waals surface area contributed by atoms with Crippen LogP contribution in [0.25, 0.3) is 10.9 Å². The van der Waals surface area contributed by atoms with Gasteiger partial charge in [-0.2, -0.15) is 5.26 Å². The van der Waals surface area contributed by atoms with Gasteiger partial charge in [-0.05, 0) is 36.6 Å². The number of aryl methyl sites for hydroxylation is 1. The summed E-state index contributed by atoms with van der Waals surface area (Å²) in [5.41, 5.74) is 3.92. The Morgan fingerprint density at radius 1 is 1.10 bits per heavy atom. The molecule has 0 radical (unpaired) electrons. The molecule has 3 aromatic rings. The van der Waals surface area contributed by atoms with Crippen molar-refractivity contribution in [3.05, 3.63) is 59.3 Å². The Kier molecular flexibility index (Phi) is 9.46. The average Bonchev–Trinajstić information content (AvgIpc) is 3.21. The van der Waals surface area contributed by atoms with E-state index in [9.17, 15) is 0 Å². The number of fused-ring (bicyclic) bond motifs is 1. The van der Waals surface area contributed by atoms with Crippen LogP contribution in [0.15, 0.2) is 47.5 Å². The Labute approximate surface area is 199 Å². The Balaban J connectivity index is 0.00000341. The summed E-state index contributed by atoms with van der Waals surface area (Å²) in [5.74, 6) is 2.33. The van der Waals surface area contributed by atoms with Crippen LogP contribution in [0, 0.1) is 11.3 Å². The molecule has 1 aromatic heterocycles. The highest BCUT2D eigenvalue weighted by Gasteiger charge is 2.09. The van der Waals surface area contributed by atoms with Crippen molar-refractivity contribution in [2.45, 2.75) is 19.4 Å². The zero-order valence-electron chi connectivity index (χ0n) is 18.0. The summed E-state index contributed by atoms with van der Waals surface area (Å²) < 4.78 is 10.8. The van der Waals surface area contributed by atoms with E-state index in [0.717, 1.165) is 59.0 Å². The molecule has 31 heavy (non-hydrogen) atoms. The van der Waals surface area contributed by atoms with Gasteiger partial charge in [-0.1, -0.05) is 12.1 Å². The molecular weight excluding hydrogens is 505 g/mol. The van der Waals surface area contributed by atoms with Crippen LogP contribution in [0.5, 0.6) is 11.5 Å². The van der Waals surface area contributed by atoms with Crippen LogP contribution in [-0.4, -0.2) is 38.8 Å². The van der Waals surface area contributed by atoms with Gasteiger partial charge in [-0.3, -0.25) is 4.99 Å². The van der Waals surface area contributed by atoms with Gasteiger partial charge in [0.25, 0.3) is 0 Å². The maximum atomic E-state index is 8.87. The number of halogens is 1. The second kappa shape index (κ2) is 12.1. The lowest BCUT2D eigenvalue weighted by molar-refractivity contribution is 0.398. The average molecular weight is 533 g/mol. The third-order valence-corrected chi connectivity index (χ3v) is 4.87. The Morgan fingerprint density at radius 3 is 2.52 bits per heavy atom. The fourth-order valence-electron chi connectivity index (χ4n) is 3.25. The van der Waals surface area contributed by atoms with Crippen LogP contribution in [0.1, 0.15) is 23.2 Å². The SMILES string of the molecule is CN=C(NCCCc1cc2c(OC)cc(OC)cc2[nH]1)NCc1ccc(C#N)cc1.I. The van der Waals surface area contributed by atoms with Gasteiger partial charge in [-0.25, -0.2) is 0 Å². The molecule has 0 amide bonds. The van der Waals surface area contributed by atoms with Crippen LogP contribution in [0.4, 0.5) is 0 Å². The number of H-pyrrole nitrogens is 1. The number of aromatic nitrogens is 1. The number of benzene rings is 2. The van der Waals surface area contributed by atoms with E-state index in [2.05, 4.69) is 32.7 Å². The highest BCUT2D eigenvalue weighted by atomic mass is 127. The molecule has 0 aliphatic carbocycles. The Hall–Kier alpha value is -2.93. The predicted octanol–water partition coefficient (Wildman–Crippen LogP) is 3.97. The van der Waals surface area contributed by atoms with E-state index in [0.29, 0.717) is 12.1 Å². The number of aromatic amines is 1. The molecule has 3 rings (SSSR count). The number of ether oxygens (including phenoxy) is 2. The van der Waals surface area contributed by atoms with Crippen LogP contribution in [0.3, 0.4) is 0 Å². The molecule has 7 nitrogen and oxygen atoms in total. The fraction of sp³-hybridized carbons (Fsp3) is 0.304. The quantitative estimate of drug-likeness (QED) is 0.176. The first-order valence-electron chi connectivity index (χ1n) is 9.84. The van der Waals surface area contributed by atoms with Gasteiger partial charge >= 0.3 is 0 Å². The van der Waals surface area contributed by atoms with Crippen molar-refractivity contribution in [3.8, 4) is 17.6 Å². The predicted molar refractivity (Wildman–Crippen MR) is 134 cm³/mol. The zero-order valence-corrected chi connectivity index (χ0v) is 20.3. The smallest absolute Gasteiger partial charge is 0.191 e. The first kappa shape index (κ1) is 24.3. The summed E-state index contributed by atoms with van der Waals surface area (Å²) in [7, 11) is 5.07. The molecule has 0 spiro atoms. The second-order valence-electron chi connectivity index (χ2n) is 6.85. The molecule has 0 bridgehead atoms. The lowest BCUT2D eigenvalue weighted by atomic mass is 10.1. The Bertz CT molecular complexity index is 1050. The minimum absolute atomic E-state index is 0. The topological polar surface area (TPSA) is 94.5 Å². The molecule has 0 aliphatic rings. The maximum Gasteiger partial charge on any atom is 0.191 e. The lowest BCUT2D eigenvalue weighted by Crippen LogP contribution is -2.37. The van der Waals surface area contributed by atoms with E-state index >= 15 is 0 Å². The number of methoxy groups -OCH3 is 2.